The second-order valence-corrected chi connectivity index (χ2v) is 7.70. The second kappa shape index (κ2) is 10.9. The smallest absolute Gasteiger partial charge is 0.231 e. The number of amides is 1. The maximum atomic E-state index is 12.2. The third-order valence-electron chi connectivity index (χ3n) is 3.42. The molecule has 1 aromatic heterocycles. The molecule has 140 valence electrons. The minimum atomic E-state index is -0.522. The standard InChI is InChI=1S/C17H22N4O3S2/c1-12(22)14(10-13-6-4-3-5-7-13)19-15(23)11-25-17-21-20-16(26-17)18-8-9-24-2/h3-7,14H,8-11H2,1-2H3,(H,18,20)(H,19,23). The molecule has 0 aliphatic heterocycles. The van der Waals surface area contributed by atoms with Gasteiger partial charge in [-0.2, -0.15) is 0 Å². The Bertz CT molecular complexity index is 709. The fourth-order valence-corrected chi connectivity index (χ4v) is 3.70. The van der Waals surface area contributed by atoms with E-state index in [2.05, 4.69) is 20.8 Å². The average molecular weight is 395 g/mol. The van der Waals surface area contributed by atoms with Gasteiger partial charge in [-0.15, -0.1) is 10.2 Å². The molecule has 2 rings (SSSR count). The number of ketones is 1. The summed E-state index contributed by atoms with van der Waals surface area (Å²) in [4.78, 5) is 24.0. The summed E-state index contributed by atoms with van der Waals surface area (Å²) in [5.41, 5.74) is 1.01. The van der Waals surface area contributed by atoms with E-state index in [0.717, 1.165) is 5.56 Å². The van der Waals surface area contributed by atoms with Crippen molar-refractivity contribution in [3.8, 4) is 0 Å². The van der Waals surface area contributed by atoms with Crippen molar-refractivity contribution in [1.82, 2.24) is 15.5 Å². The van der Waals surface area contributed by atoms with Crippen molar-refractivity contribution in [3.63, 3.8) is 0 Å². The fraction of sp³-hybridized carbons (Fsp3) is 0.412. The minimum absolute atomic E-state index is 0.0623. The van der Waals surface area contributed by atoms with Crippen LogP contribution in [0, 0.1) is 0 Å². The highest BCUT2D eigenvalue weighted by molar-refractivity contribution is 8.01. The quantitative estimate of drug-likeness (QED) is 0.445. The predicted octanol–water partition coefficient (Wildman–Crippen LogP) is 2.00. The number of thioether (sulfide) groups is 1. The van der Waals surface area contributed by atoms with Crippen molar-refractivity contribution < 1.29 is 14.3 Å². The zero-order valence-corrected chi connectivity index (χ0v) is 16.4. The lowest BCUT2D eigenvalue weighted by Gasteiger charge is -2.15. The third-order valence-corrected chi connectivity index (χ3v) is 5.44. The van der Waals surface area contributed by atoms with Gasteiger partial charge in [-0.05, 0) is 18.9 Å². The Kier molecular flexibility index (Phi) is 8.52. The van der Waals surface area contributed by atoms with E-state index in [4.69, 9.17) is 4.74 Å². The Morgan fingerprint density at radius 2 is 2.04 bits per heavy atom. The molecule has 0 saturated carbocycles. The Hall–Kier alpha value is -1.97. The van der Waals surface area contributed by atoms with E-state index in [1.54, 1.807) is 7.11 Å². The lowest BCUT2D eigenvalue weighted by molar-refractivity contribution is -0.125. The Morgan fingerprint density at radius 1 is 1.27 bits per heavy atom. The minimum Gasteiger partial charge on any atom is -0.383 e. The molecule has 1 unspecified atom stereocenters. The van der Waals surface area contributed by atoms with Gasteiger partial charge in [0.15, 0.2) is 10.1 Å². The van der Waals surface area contributed by atoms with Crippen molar-refractivity contribution in [1.29, 1.82) is 0 Å². The van der Waals surface area contributed by atoms with E-state index in [1.165, 1.54) is 30.0 Å². The van der Waals surface area contributed by atoms with Crippen molar-refractivity contribution >= 4 is 39.9 Å². The highest BCUT2D eigenvalue weighted by Crippen LogP contribution is 2.25. The topological polar surface area (TPSA) is 93.2 Å². The maximum absolute atomic E-state index is 12.2. The van der Waals surface area contributed by atoms with E-state index in [0.29, 0.717) is 29.0 Å². The van der Waals surface area contributed by atoms with Gasteiger partial charge in [0, 0.05) is 13.7 Å². The molecule has 1 heterocycles. The first kappa shape index (κ1) is 20.3. The molecule has 1 aromatic carbocycles. The highest BCUT2D eigenvalue weighted by Gasteiger charge is 2.18. The number of anilines is 1. The molecule has 0 fully saturated rings. The molecular formula is C17H22N4O3S2. The fourth-order valence-electron chi connectivity index (χ4n) is 2.11. The monoisotopic (exact) mass is 394 g/mol. The van der Waals surface area contributed by atoms with Crippen LogP contribution in [0.15, 0.2) is 34.7 Å². The first-order chi connectivity index (χ1) is 12.6. The second-order valence-electron chi connectivity index (χ2n) is 5.50. The first-order valence-electron chi connectivity index (χ1n) is 8.11. The lowest BCUT2D eigenvalue weighted by atomic mass is 10.0. The number of hydrogen-bond acceptors (Lipinski definition) is 8. The van der Waals surface area contributed by atoms with Crippen LogP contribution < -0.4 is 10.6 Å². The average Bonchev–Trinajstić information content (AvgIpc) is 3.08. The SMILES string of the molecule is COCCNc1nnc(SCC(=O)NC(Cc2ccccc2)C(C)=O)s1. The molecule has 9 heteroatoms. The van der Waals surface area contributed by atoms with Gasteiger partial charge in [-0.25, -0.2) is 0 Å². The molecule has 2 N–H and O–H groups in total. The van der Waals surface area contributed by atoms with Gasteiger partial charge in [0.05, 0.1) is 18.4 Å². The summed E-state index contributed by atoms with van der Waals surface area (Å²) in [6.07, 6.45) is 0.485. The van der Waals surface area contributed by atoms with Gasteiger partial charge < -0.3 is 15.4 Å². The number of carbonyl (C=O) groups is 2. The molecule has 1 amide bonds. The van der Waals surface area contributed by atoms with Gasteiger partial charge in [0.25, 0.3) is 0 Å². The zero-order chi connectivity index (χ0) is 18.8. The van der Waals surface area contributed by atoms with Crippen molar-refractivity contribution in [2.45, 2.75) is 23.7 Å². The molecule has 0 saturated heterocycles. The van der Waals surface area contributed by atoms with Gasteiger partial charge in [0.2, 0.25) is 11.0 Å². The van der Waals surface area contributed by atoms with Crippen molar-refractivity contribution in [2.24, 2.45) is 0 Å². The summed E-state index contributed by atoms with van der Waals surface area (Å²) >= 11 is 2.68. The van der Waals surface area contributed by atoms with Crippen LogP contribution in [0.5, 0.6) is 0 Å². The van der Waals surface area contributed by atoms with E-state index in [9.17, 15) is 9.59 Å². The summed E-state index contributed by atoms with van der Waals surface area (Å²) in [5, 5.41) is 14.6. The number of nitrogens with zero attached hydrogens (tertiary/aromatic N) is 2. The summed E-state index contributed by atoms with van der Waals surface area (Å²) in [6.45, 7) is 2.72. The molecular weight excluding hydrogens is 372 g/mol. The van der Waals surface area contributed by atoms with Crippen LogP contribution >= 0.6 is 23.1 Å². The van der Waals surface area contributed by atoms with Crippen LogP contribution in [-0.4, -0.2) is 53.9 Å². The number of carbonyl (C=O) groups excluding carboxylic acids is 2. The van der Waals surface area contributed by atoms with Gasteiger partial charge in [0.1, 0.15) is 0 Å². The number of aromatic nitrogens is 2. The number of rotatable bonds is 11. The normalized spacial score (nSPS) is 11.8. The highest BCUT2D eigenvalue weighted by atomic mass is 32.2. The Labute approximate surface area is 160 Å². The number of hydrogen-bond donors (Lipinski definition) is 2. The molecule has 0 radical (unpaired) electrons. The van der Waals surface area contributed by atoms with Crippen molar-refractivity contribution in [2.75, 3.05) is 31.3 Å². The van der Waals surface area contributed by atoms with E-state index < -0.39 is 6.04 Å². The van der Waals surface area contributed by atoms with Gasteiger partial charge in [-0.3, -0.25) is 9.59 Å². The van der Waals surface area contributed by atoms with E-state index >= 15 is 0 Å². The Balaban J connectivity index is 1.80. The molecule has 1 atom stereocenters. The molecule has 0 aliphatic carbocycles. The zero-order valence-electron chi connectivity index (χ0n) is 14.7. The molecule has 0 spiro atoms. The van der Waals surface area contributed by atoms with Crippen LogP contribution in [0.2, 0.25) is 0 Å². The number of nitrogens with one attached hydrogen (secondary N) is 2. The number of ether oxygens (including phenoxy) is 1. The first-order valence-corrected chi connectivity index (χ1v) is 9.91. The summed E-state index contributed by atoms with van der Waals surface area (Å²) < 4.78 is 5.65. The van der Waals surface area contributed by atoms with Crippen LogP contribution in [0.3, 0.4) is 0 Å². The number of Topliss-reactive ketones (excluding diaryl/α,β-unsaturated/α-hetero) is 1. The summed E-state index contributed by atoms with van der Waals surface area (Å²) in [5.74, 6) is -0.0754. The third kappa shape index (κ3) is 7.11. The maximum Gasteiger partial charge on any atom is 0.231 e. The summed E-state index contributed by atoms with van der Waals surface area (Å²) in [7, 11) is 1.63. The van der Waals surface area contributed by atoms with E-state index in [-0.39, 0.29) is 17.4 Å². The number of methoxy groups -OCH3 is 1. The molecule has 2 aromatic rings. The van der Waals surface area contributed by atoms with E-state index in [1.807, 2.05) is 30.3 Å². The van der Waals surface area contributed by atoms with Crippen LogP contribution in [-0.2, 0) is 20.7 Å². The molecule has 7 nitrogen and oxygen atoms in total. The van der Waals surface area contributed by atoms with Gasteiger partial charge in [-0.1, -0.05) is 53.4 Å². The van der Waals surface area contributed by atoms with Crippen LogP contribution in [0.4, 0.5) is 5.13 Å². The predicted molar refractivity (Wildman–Crippen MR) is 104 cm³/mol. The largest absolute Gasteiger partial charge is 0.383 e. The molecule has 0 bridgehead atoms. The molecule has 0 aliphatic rings. The summed E-state index contributed by atoms with van der Waals surface area (Å²) in [6, 6.07) is 9.11. The lowest BCUT2D eigenvalue weighted by Crippen LogP contribution is -2.42. The van der Waals surface area contributed by atoms with Crippen molar-refractivity contribution in [3.05, 3.63) is 35.9 Å². The molecule has 26 heavy (non-hydrogen) atoms. The Morgan fingerprint density at radius 3 is 2.73 bits per heavy atom. The number of benzene rings is 1. The van der Waals surface area contributed by atoms with Crippen LogP contribution in [0.1, 0.15) is 12.5 Å². The van der Waals surface area contributed by atoms with Gasteiger partial charge >= 0.3 is 0 Å². The van der Waals surface area contributed by atoms with Crippen LogP contribution in [0.25, 0.3) is 0 Å².